The number of nitrogens with two attached hydrogens (primary N) is 2. The average Bonchev–Trinajstić information content (AvgIpc) is 2.59. The van der Waals surface area contributed by atoms with E-state index in [4.69, 9.17) is 11.5 Å². The van der Waals surface area contributed by atoms with Crippen LogP contribution in [0.25, 0.3) is 0 Å². The minimum atomic E-state index is -4.53. The molecule has 0 atom stereocenters. The maximum atomic E-state index is 12.9. The van der Waals surface area contributed by atoms with Crippen molar-refractivity contribution in [2.75, 3.05) is 0 Å². The van der Waals surface area contributed by atoms with Gasteiger partial charge >= 0.3 is 6.18 Å². The Morgan fingerprint density at radius 3 is 2.46 bits per heavy atom. The number of carbonyl (C=O) groups excluding carboxylic acids is 1. The van der Waals surface area contributed by atoms with Crippen LogP contribution in [-0.2, 0) is 12.6 Å². The molecule has 0 saturated carbocycles. The third-order valence-electron chi connectivity index (χ3n) is 3.61. The van der Waals surface area contributed by atoms with Crippen molar-refractivity contribution in [3.63, 3.8) is 0 Å². The maximum Gasteiger partial charge on any atom is 0.416 e. The van der Waals surface area contributed by atoms with Gasteiger partial charge in [-0.15, -0.1) is 0 Å². The van der Waals surface area contributed by atoms with Crippen molar-refractivity contribution < 1.29 is 22.9 Å². The molecular weight excluding hydrogens is 397 g/mol. The molecule has 0 aliphatic heterocycles. The van der Waals surface area contributed by atoms with Crippen LogP contribution in [0.4, 0.5) is 18.9 Å². The number of aliphatic imine (C=N–C) groups is 1. The lowest BCUT2D eigenvalue weighted by molar-refractivity contribution is -0.387. The predicted octanol–water partition coefficient (Wildman–Crippen LogP) is 3.74. The van der Waals surface area contributed by atoms with Crippen LogP contribution in [0.3, 0.4) is 0 Å². The number of hydrogen-bond acceptors (Lipinski definition) is 4. The monoisotopic (exact) mass is 412 g/mol. The van der Waals surface area contributed by atoms with E-state index in [0.29, 0.717) is 12.0 Å². The van der Waals surface area contributed by atoms with Gasteiger partial charge in [-0.05, 0) is 36.2 Å². The van der Waals surface area contributed by atoms with Crippen LogP contribution in [0.5, 0.6) is 0 Å². The average molecular weight is 412 g/mol. The van der Waals surface area contributed by atoms with Crippen molar-refractivity contribution >= 4 is 29.3 Å². The summed E-state index contributed by atoms with van der Waals surface area (Å²) in [7, 11) is 0. The van der Waals surface area contributed by atoms with Crippen molar-refractivity contribution in [3.05, 3.63) is 63.2 Å². The number of guanidine groups is 1. The lowest BCUT2D eigenvalue weighted by Crippen LogP contribution is -2.24. The van der Waals surface area contributed by atoms with Gasteiger partial charge in [-0.2, -0.15) is 18.2 Å². The summed E-state index contributed by atoms with van der Waals surface area (Å²) in [5.74, 6) is -1.33. The Bertz CT molecular complexity index is 957. The molecule has 0 fully saturated rings. The van der Waals surface area contributed by atoms with Crippen molar-refractivity contribution in [3.8, 4) is 0 Å². The standard InChI is InChI=1S/C17H15F3N4O3S/c1-2-9-6-14(28-11-5-3-4-10(7-11)17(18,19)20)13(24(26)27)8-12(9)15(25)23-16(21)22/h3-8H,2H2,1H3,(H4,21,22,23,25). The van der Waals surface area contributed by atoms with E-state index in [2.05, 4.69) is 4.99 Å². The number of nitro groups is 1. The molecule has 2 aromatic carbocycles. The first-order chi connectivity index (χ1) is 13.0. The molecule has 0 bridgehead atoms. The van der Waals surface area contributed by atoms with Gasteiger partial charge in [-0.25, -0.2) is 0 Å². The van der Waals surface area contributed by atoms with Gasteiger partial charge in [-0.3, -0.25) is 14.9 Å². The van der Waals surface area contributed by atoms with E-state index in [1.807, 2.05) is 0 Å². The van der Waals surface area contributed by atoms with E-state index in [1.165, 1.54) is 18.2 Å². The number of carbonyl (C=O) groups is 1. The number of halogens is 3. The fourth-order valence-electron chi connectivity index (χ4n) is 2.37. The lowest BCUT2D eigenvalue weighted by Gasteiger charge is -2.11. The van der Waals surface area contributed by atoms with E-state index >= 15 is 0 Å². The SMILES string of the molecule is CCc1cc(Sc2cccc(C(F)(F)F)c2)c([N+](=O)[O-])cc1C(=O)N=C(N)N. The van der Waals surface area contributed by atoms with Crippen LogP contribution < -0.4 is 11.5 Å². The molecule has 2 rings (SSSR count). The van der Waals surface area contributed by atoms with Gasteiger partial charge in [-0.1, -0.05) is 24.8 Å². The first-order valence-corrected chi connectivity index (χ1v) is 8.65. The molecule has 0 radical (unpaired) electrons. The number of nitrogens with zero attached hydrogens (tertiary/aromatic N) is 2. The number of hydrogen-bond donors (Lipinski definition) is 2. The summed E-state index contributed by atoms with van der Waals surface area (Å²) in [6.45, 7) is 1.71. The second-order valence-corrected chi connectivity index (χ2v) is 6.67. The van der Waals surface area contributed by atoms with Crippen LogP contribution in [0.15, 0.2) is 51.2 Å². The van der Waals surface area contributed by atoms with E-state index in [-0.39, 0.29) is 15.4 Å². The van der Waals surface area contributed by atoms with E-state index < -0.39 is 34.2 Å². The molecule has 0 aliphatic rings. The molecular formula is C17H15F3N4O3S. The van der Waals surface area contributed by atoms with Gasteiger partial charge < -0.3 is 11.5 Å². The Morgan fingerprint density at radius 1 is 1.25 bits per heavy atom. The normalized spacial score (nSPS) is 11.1. The Morgan fingerprint density at radius 2 is 1.93 bits per heavy atom. The van der Waals surface area contributed by atoms with Crippen LogP contribution in [0.1, 0.15) is 28.4 Å². The van der Waals surface area contributed by atoms with Crippen molar-refractivity contribution in [1.82, 2.24) is 0 Å². The van der Waals surface area contributed by atoms with Gasteiger partial charge in [0.2, 0.25) is 0 Å². The quantitative estimate of drug-likeness (QED) is 0.334. The Labute approximate surface area is 161 Å². The van der Waals surface area contributed by atoms with Crippen molar-refractivity contribution in [2.24, 2.45) is 16.5 Å². The Hall–Kier alpha value is -3.08. The highest BCUT2D eigenvalue weighted by Gasteiger charge is 2.30. The molecule has 0 unspecified atom stereocenters. The third kappa shape index (κ3) is 5.00. The molecule has 148 valence electrons. The van der Waals surface area contributed by atoms with Crippen LogP contribution in [0.2, 0.25) is 0 Å². The first-order valence-electron chi connectivity index (χ1n) is 7.83. The molecule has 4 N–H and O–H groups in total. The van der Waals surface area contributed by atoms with Gasteiger partial charge in [0.1, 0.15) is 0 Å². The zero-order chi connectivity index (χ0) is 21.1. The highest BCUT2D eigenvalue weighted by atomic mass is 32.2. The number of aryl methyl sites for hydroxylation is 1. The summed E-state index contributed by atoms with van der Waals surface area (Å²) in [5, 5.41) is 11.5. The van der Waals surface area contributed by atoms with Gasteiger partial charge in [0.05, 0.1) is 20.9 Å². The Balaban J connectivity index is 2.54. The largest absolute Gasteiger partial charge is 0.416 e. The van der Waals surface area contributed by atoms with Crippen LogP contribution in [-0.4, -0.2) is 16.8 Å². The number of benzene rings is 2. The first kappa shape index (κ1) is 21.2. The molecule has 2 aromatic rings. The van der Waals surface area contributed by atoms with Gasteiger partial charge in [0, 0.05) is 11.0 Å². The Kier molecular flexibility index (Phi) is 6.29. The van der Waals surface area contributed by atoms with Gasteiger partial charge in [0.25, 0.3) is 11.6 Å². The van der Waals surface area contributed by atoms with Crippen molar-refractivity contribution in [2.45, 2.75) is 29.3 Å². The summed E-state index contributed by atoms with van der Waals surface area (Å²) in [6, 6.07) is 6.86. The summed E-state index contributed by atoms with van der Waals surface area (Å²) in [6.07, 6.45) is -4.21. The minimum Gasteiger partial charge on any atom is -0.370 e. The van der Waals surface area contributed by atoms with E-state index in [9.17, 15) is 28.1 Å². The molecule has 1 amide bonds. The number of alkyl halides is 3. The molecule has 0 aliphatic carbocycles. The topological polar surface area (TPSA) is 125 Å². The third-order valence-corrected chi connectivity index (χ3v) is 4.65. The van der Waals surface area contributed by atoms with Crippen LogP contribution >= 0.6 is 11.8 Å². The highest BCUT2D eigenvalue weighted by molar-refractivity contribution is 7.99. The smallest absolute Gasteiger partial charge is 0.370 e. The zero-order valence-electron chi connectivity index (χ0n) is 14.5. The number of rotatable bonds is 5. The second kappa shape index (κ2) is 8.30. The summed E-state index contributed by atoms with van der Waals surface area (Å²) < 4.78 is 38.7. The van der Waals surface area contributed by atoms with E-state index in [1.54, 1.807) is 6.92 Å². The number of nitro benzene ring substituents is 1. The van der Waals surface area contributed by atoms with Crippen molar-refractivity contribution in [1.29, 1.82) is 0 Å². The molecule has 0 aromatic heterocycles. The highest BCUT2D eigenvalue weighted by Crippen LogP contribution is 2.39. The zero-order valence-corrected chi connectivity index (χ0v) is 15.3. The van der Waals surface area contributed by atoms with E-state index in [0.717, 1.165) is 30.0 Å². The van der Waals surface area contributed by atoms with Crippen LogP contribution in [0, 0.1) is 10.1 Å². The fourth-order valence-corrected chi connectivity index (χ4v) is 3.39. The minimum absolute atomic E-state index is 0.0454. The molecule has 0 heterocycles. The fraction of sp³-hybridized carbons (Fsp3) is 0.176. The summed E-state index contributed by atoms with van der Waals surface area (Å²) in [5.41, 5.74) is 9.44. The molecule has 7 nitrogen and oxygen atoms in total. The predicted molar refractivity (Wildman–Crippen MR) is 98.2 cm³/mol. The maximum absolute atomic E-state index is 12.9. The molecule has 0 spiro atoms. The number of amides is 1. The molecule has 11 heteroatoms. The summed E-state index contributed by atoms with van der Waals surface area (Å²) in [4.78, 5) is 26.5. The second-order valence-electron chi connectivity index (χ2n) is 5.56. The molecule has 0 saturated heterocycles. The summed E-state index contributed by atoms with van der Waals surface area (Å²) >= 11 is 0.799. The lowest BCUT2D eigenvalue weighted by atomic mass is 10.0. The molecule has 28 heavy (non-hydrogen) atoms. The van der Waals surface area contributed by atoms with Gasteiger partial charge in [0.15, 0.2) is 5.96 Å².